The van der Waals surface area contributed by atoms with Gasteiger partial charge in [-0.05, 0) is 55.5 Å². The van der Waals surface area contributed by atoms with Crippen molar-refractivity contribution >= 4 is 23.3 Å². The molecule has 3 aromatic rings. The van der Waals surface area contributed by atoms with Gasteiger partial charge >= 0.3 is 0 Å². The molecular weight excluding hydrogens is 424 g/mol. The molecule has 0 spiro atoms. The van der Waals surface area contributed by atoms with Crippen molar-refractivity contribution in [2.45, 2.75) is 33.2 Å². The molecule has 0 atom stereocenters. The number of carbonyl (C=O) groups excluding carboxylic acids is 1. The number of hydrogen-bond donors (Lipinski definition) is 1. The number of nitrogens with one attached hydrogen (secondary N) is 1. The number of anilines is 1. The summed E-state index contributed by atoms with van der Waals surface area (Å²) in [5.74, 6) is 2.19. The number of halogens is 1. The van der Waals surface area contributed by atoms with E-state index in [1.54, 1.807) is 0 Å². The molecule has 2 aromatic carbocycles. The Morgan fingerprint density at radius 1 is 1.12 bits per heavy atom. The molecule has 0 saturated carbocycles. The van der Waals surface area contributed by atoms with Crippen molar-refractivity contribution in [3.63, 3.8) is 0 Å². The van der Waals surface area contributed by atoms with E-state index in [1.165, 1.54) is 11.9 Å². The van der Waals surface area contributed by atoms with Crippen molar-refractivity contribution in [2.24, 2.45) is 5.92 Å². The summed E-state index contributed by atoms with van der Waals surface area (Å²) >= 11 is 6.18. The van der Waals surface area contributed by atoms with Crippen molar-refractivity contribution in [3.05, 3.63) is 76.6 Å². The number of aromatic nitrogens is 2. The van der Waals surface area contributed by atoms with Gasteiger partial charge in [0.05, 0.1) is 0 Å². The highest BCUT2D eigenvalue weighted by molar-refractivity contribution is 6.31. The molecule has 6 nitrogen and oxygen atoms in total. The predicted molar refractivity (Wildman–Crippen MR) is 126 cm³/mol. The molecule has 1 aliphatic rings. The number of hydrogen-bond acceptors (Lipinski definition) is 5. The van der Waals surface area contributed by atoms with Gasteiger partial charge in [0, 0.05) is 36.6 Å². The maximum absolute atomic E-state index is 12.6. The van der Waals surface area contributed by atoms with Crippen LogP contribution in [0.4, 0.5) is 5.82 Å². The molecule has 0 radical (unpaired) electrons. The van der Waals surface area contributed by atoms with E-state index < -0.39 is 0 Å². The highest BCUT2D eigenvalue weighted by Gasteiger charge is 2.26. The van der Waals surface area contributed by atoms with Crippen LogP contribution in [0.3, 0.4) is 0 Å². The lowest BCUT2D eigenvalue weighted by Crippen LogP contribution is -2.40. The molecule has 7 heteroatoms. The van der Waals surface area contributed by atoms with Crippen molar-refractivity contribution in [1.82, 2.24) is 15.3 Å². The van der Waals surface area contributed by atoms with Gasteiger partial charge in [0.25, 0.3) is 0 Å². The zero-order chi connectivity index (χ0) is 22.5. The summed E-state index contributed by atoms with van der Waals surface area (Å²) in [7, 11) is 0. The van der Waals surface area contributed by atoms with Gasteiger partial charge in [0.2, 0.25) is 11.8 Å². The summed E-state index contributed by atoms with van der Waals surface area (Å²) in [5, 5.41) is 3.69. The molecule has 1 aliphatic heterocycles. The maximum atomic E-state index is 12.6. The zero-order valence-corrected chi connectivity index (χ0v) is 19.1. The van der Waals surface area contributed by atoms with E-state index in [-0.39, 0.29) is 11.8 Å². The van der Waals surface area contributed by atoms with Crippen LogP contribution in [0.15, 0.2) is 54.9 Å². The Morgan fingerprint density at radius 2 is 1.91 bits per heavy atom. The molecular formula is C25H27ClN4O2. The van der Waals surface area contributed by atoms with E-state index >= 15 is 0 Å². The van der Waals surface area contributed by atoms with Crippen molar-refractivity contribution in [2.75, 3.05) is 18.0 Å². The van der Waals surface area contributed by atoms with E-state index in [4.69, 9.17) is 16.3 Å². The highest BCUT2D eigenvalue weighted by atomic mass is 35.5. The minimum Gasteiger partial charge on any atom is -0.439 e. The van der Waals surface area contributed by atoms with Crippen LogP contribution >= 0.6 is 11.6 Å². The molecule has 1 amide bonds. The molecule has 0 bridgehead atoms. The minimum atomic E-state index is -0.0127. The van der Waals surface area contributed by atoms with E-state index in [0.717, 1.165) is 48.6 Å². The first-order valence-electron chi connectivity index (χ1n) is 10.8. The number of piperidine rings is 1. The number of rotatable bonds is 6. The fourth-order valence-corrected chi connectivity index (χ4v) is 4.05. The molecule has 1 fully saturated rings. The Hall–Kier alpha value is -3.12. The number of benzene rings is 2. The lowest BCUT2D eigenvalue weighted by atomic mass is 9.96. The normalized spacial score (nSPS) is 14.3. The second-order valence-electron chi connectivity index (χ2n) is 8.09. The van der Waals surface area contributed by atoms with Crippen LogP contribution < -0.4 is 15.0 Å². The largest absolute Gasteiger partial charge is 0.439 e. The first-order valence-corrected chi connectivity index (χ1v) is 11.2. The Bertz CT molecular complexity index is 1100. The Kier molecular flexibility index (Phi) is 6.90. The quantitative estimate of drug-likeness (QED) is 0.567. The summed E-state index contributed by atoms with van der Waals surface area (Å²) in [6, 6.07) is 15.4. The fraction of sp³-hybridized carbons (Fsp3) is 0.320. The van der Waals surface area contributed by atoms with Crippen LogP contribution in [0, 0.1) is 19.8 Å². The summed E-state index contributed by atoms with van der Waals surface area (Å²) in [6.07, 6.45) is 3.06. The van der Waals surface area contributed by atoms with Crippen LogP contribution in [-0.4, -0.2) is 29.0 Å². The second kappa shape index (κ2) is 10.0. The topological polar surface area (TPSA) is 67.3 Å². The molecule has 0 unspecified atom stereocenters. The van der Waals surface area contributed by atoms with E-state index in [1.807, 2.05) is 49.4 Å². The monoisotopic (exact) mass is 450 g/mol. The van der Waals surface area contributed by atoms with Crippen LogP contribution in [-0.2, 0) is 11.3 Å². The van der Waals surface area contributed by atoms with Gasteiger partial charge in [-0.25, -0.2) is 9.97 Å². The lowest BCUT2D eigenvalue weighted by Gasteiger charge is -2.32. The maximum Gasteiger partial charge on any atom is 0.224 e. The smallest absolute Gasteiger partial charge is 0.224 e. The average molecular weight is 451 g/mol. The van der Waals surface area contributed by atoms with Crippen LogP contribution in [0.25, 0.3) is 0 Å². The highest BCUT2D eigenvalue weighted by Crippen LogP contribution is 2.28. The molecule has 2 heterocycles. The van der Waals surface area contributed by atoms with Gasteiger partial charge in [0.1, 0.15) is 17.9 Å². The standard InChI is InChI=1S/C25H27ClN4O2/c1-17-6-5-9-22(18(17)2)32-24-14-23(28-16-29-24)30-12-10-19(11-13-30)25(31)27-15-20-7-3-4-8-21(20)26/h3-9,14,16,19H,10-13,15H2,1-2H3,(H,27,31). The summed E-state index contributed by atoms with van der Waals surface area (Å²) in [5.41, 5.74) is 3.19. The van der Waals surface area contributed by atoms with Gasteiger partial charge in [-0.15, -0.1) is 0 Å². The van der Waals surface area contributed by atoms with Crippen LogP contribution in [0.1, 0.15) is 29.5 Å². The van der Waals surface area contributed by atoms with Gasteiger partial charge < -0.3 is 15.0 Å². The third-order valence-corrected chi connectivity index (χ3v) is 6.37. The minimum absolute atomic E-state index is 0.0127. The van der Waals surface area contributed by atoms with Gasteiger partial charge in [-0.1, -0.05) is 41.9 Å². The predicted octanol–water partition coefficient (Wildman–Crippen LogP) is 5.07. The number of carbonyl (C=O) groups is 1. The zero-order valence-electron chi connectivity index (χ0n) is 18.3. The third-order valence-electron chi connectivity index (χ3n) is 6.00. The second-order valence-corrected chi connectivity index (χ2v) is 8.49. The Labute approximate surface area is 193 Å². The molecule has 0 aliphatic carbocycles. The Morgan fingerprint density at radius 3 is 2.69 bits per heavy atom. The van der Waals surface area contributed by atoms with Crippen molar-refractivity contribution in [1.29, 1.82) is 0 Å². The van der Waals surface area contributed by atoms with Gasteiger partial charge in [0.15, 0.2) is 0 Å². The molecule has 32 heavy (non-hydrogen) atoms. The van der Waals surface area contributed by atoms with Crippen LogP contribution in [0.5, 0.6) is 11.6 Å². The SMILES string of the molecule is Cc1cccc(Oc2cc(N3CCC(C(=O)NCc4ccccc4Cl)CC3)ncn2)c1C. The summed E-state index contributed by atoms with van der Waals surface area (Å²) in [6.45, 7) is 6.05. The number of amides is 1. The third kappa shape index (κ3) is 5.19. The first kappa shape index (κ1) is 22.1. The van der Waals surface area contributed by atoms with Gasteiger partial charge in [-0.3, -0.25) is 4.79 Å². The molecule has 1 aromatic heterocycles. The van der Waals surface area contributed by atoms with Crippen LogP contribution in [0.2, 0.25) is 5.02 Å². The summed E-state index contributed by atoms with van der Waals surface area (Å²) < 4.78 is 6.01. The number of aryl methyl sites for hydroxylation is 1. The van der Waals surface area contributed by atoms with E-state index in [9.17, 15) is 4.79 Å². The molecule has 1 saturated heterocycles. The average Bonchev–Trinajstić information content (AvgIpc) is 2.82. The number of ether oxygens (including phenoxy) is 1. The van der Waals surface area contributed by atoms with E-state index in [0.29, 0.717) is 17.4 Å². The van der Waals surface area contributed by atoms with E-state index in [2.05, 4.69) is 33.2 Å². The van der Waals surface area contributed by atoms with Crippen molar-refractivity contribution < 1.29 is 9.53 Å². The lowest BCUT2D eigenvalue weighted by molar-refractivity contribution is -0.125. The Balaban J connectivity index is 1.33. The van der Waals surface area contributed by atoms with Crippen molar-refractivity contribution in [3.8, 4) is 11.6 Å². The molecule has 166 valence electrons. The number of nitrogens with zero attached hydrogens (tertiary/aromatic N) is 3. The fourth-order valence-electron chi connectivity index (χ4n) is 3.85. The summed E-state index contributed by atoms with van der Waals surface area (Å²) in [4.78, 5) is 23.5. The van der Waals surface area contributed by atoms with Gasteiger partial charge in [-0.2, -0.15) is 0 Å². The first-order chi connectivity index (χ1) is 15.5. The molecule has 1 N–H and O–H groups in total. The molecule has 4 rings (SSSR count).